The Hall–Kier alpha value is -1.46. The number of aromatic nitrogens is 4. The first-order valence-corrected chi connectivity index (χ1v) is 7.52. The summed E-state index contributed by atoms with van der Waals surface area (Å²) in [7, 11) is 0. The molecule has 0 aliphatic heterocycles. The summed E-state index contributed by atoms with van der Waals surface area (Å²) >= 11 is 7.90. The predicted octanol–water partition coefficient (Wildman–Crippen LogP) is 3.31. The standard InChI is InChI=1S/C13H11ClN4S/c14-11-13-17-16-12(18(13)6-5-15-11)9-2-1-3-10-8(9)4-7-19-10/h4-7,9H,1-3H2. The van der Waals surface area contributed by atoms with Crippen LogP contribution in [-0.4, -0.2) is 19.6 Å². The van der Waals surface area contributed by atoms with Crippen LogP contribution in [0.4, 0.5) is 0 Å². The van der Waals surface area contributed by atoms with Crippen molar-refractivity contribution < 1.29 is 0 Å². The summed E-state index contributed by atoms with van der Waals surface area (Å²) in [6, 6.07) is 2.22. The fourth-order valence-corrected chi connectivity index (χ4v) is 3.98. The molecule has 3 heterocycles. The second-order valence-corrected chi connectivity index (χ2v) is 6.07. The maximum Gasteiger partial charge on any atom is 0.198 e. The van der Waals surface area contributed by atoms with Gasteiger partial charge in [0.1, 0.15) is 5.82 Å². The zero-order chi connectivity index (χ0) is 12.8. The molecule has 0 N–H and O–H groups in total. The lowest BCUT2D eigenvalue weighted by atomic mass is 9.87. The second kappa shape index (κ2) is 4.28. The maximum atomic E-state index is 6.06. The summed E-state index contributed by atoms with van der Waals surface area (Å²) in [4.78, 5) is 5.52. The van der Waals surface area contributed by atoms with E-state index in [0.29, 0.717) is 16.7 Å². The minimum absolute atomic E-state index is 0.323. The highest BCUT2D eigenvalue weighted by Gasteiger charge is 2.27. The Bertz CT molecular complexity index is 748. The molecule has 0 saturated carbocycles. The highest BCUT2D eigenvalue weighted by atomic mass is 35.5. The molecule has 0 aromatic carbocycles. The number of nitrogens with zero attached hydrogens (tertiary/aromatic N) is 4. The van der Waals surface area contributed by atoms with Crippen LogP contribution in [-0.2, 0) is 6.42 Å². The number of hydrogen-bond donors (Lipinski definition) is 0. The third kappa shape index (κ3) is 1.69. The molecule has 0 radical (unpaired) electrons. The smallest absolute Gasteiger partial charge is 0.198 e. The summed E-state index contributed by atoms with van der Waals surface area (Å²) in [6.45, 7) is 0. The summed E-state index contributed by atoms with van der Waals surface area (Å²) in [5.74, 6) is 1.29. The van der Waals surface area contributed by atoms with Crippen molar-refractivity contribution in [1.82, 2.24) is 19.6 Å². The van der Waals surface area contributed by atoms with E-state index in [-0.39, 0.29) is 0 Å². The van der Waals surface area contributed by atoms with Crippen LogP contribution in [0.15, 0.2) is 23.8 Å². The molecule has 19 heavy (non-hydrogen) atoms. The Balaban J connectivity index is 1.91. The second-order valence-electron chi connectivity index (χ2n) is 4.71. The van der Waals surface area contributed by atoms with Gasteiger partial charge in [-0.2, -0.15) is 0 Å². The maximum absolute atomic E-state index is 6.06. The van der Waals surface area contributed by atoms with Crippen LogP contribution in [0.25, 0.3) is 5.65 Å². The van der Waals surface area contributed by atoms with Crippen LogP contribution in [0.1, 0.15) is 35.0 Å². The van der Waals surface area contributed by atoms with Gasteiger partial charge in [0.15, 0.2) is 10.8 Å². The molecule has 1 atom stereocenters. The van der Waals surface area contributed by atoms with Crippen molar-refractivity contribution in [3.8, 4) is 0 Å². The van der Waals surface area contributed by atoms with Crippen molar-refractivity contribution in [2.45, 2.75) is 25.2 Å². The van der Waals surface area contributed by atoms with Gasteiger partial charge in [-0.05, 0) is 36.3 Å². The van der Waals surface area contributed by atoms with E-state index in [4.69, 9.17) is 11.6 Å². The molecule has 0 fully saturated rings. The number of halogens is 1. The number of fused-ring (bicyclic) bond motifs is 2. The fraction of sp³-hybridized carbons (Fsp3) is 0.308. The normalized spacial score (nSPS) is 18.7. The average molecular weight is 291 g/mol. The highest BCUT2D eigenvalue weighted by molar-refractivity contribution is 7.10. The van der Waals surface area contributed by atoms with Crippen LogP contribution >= 0.6 is 22.9 Å². The fourth-order valence-electron chi connectivity index (χ4n) is 2.81. The van der Waals surface area contributed by atoms with E-state index < -0.39 is 0 Å². The molecule has 96 valence electrons. The number of hydrogen-bond acceptors (Lipinski definition) is 4. The molecule has 1 aliphatic carbocycles. The van der Waals surface area contributed by atoms with Gasteiger partial charge in [-0.25, -0.2) is 4.98 Å². The van der Waals surface area contributed by atoms with Crippen molar-refractivity contribution in [3.63, 3.8) is 0 Å². The van der Waals surface area contributed by atoms with Gasteiger partial charge in [0.25, 0.3) is 0 Å². The highest BCUT2D eigenvalue weighted by Crippen LogP contribution is 2.38. The van der Waals surface area contributed by atoms with Crippen LogP contribution < -0.4 is 0 Å². The minimum Gasteiger partial charge on any atom is -0.282 e. The van der Waals surface area contributed by atoms with Crippen molar-refractivity contribution >= 4 is 28.6 Å². The Kier molecular flexibility index (Phi) is 2.56. The van der Waals surface area contributed by atoms with Crippen molar-refractivity contribution in [2.24, 2.45) is 0 Å². The molecule has 3 aromatic rings. The summed E-state index contributed by atoms with van der Waals surface area (Å²) in [5, 5.41) is 11.1. The van der Waals surface area contributed by atoms with Gasteiger partial charge in [-0.3, -0.25) is 4.40 Å². The largest absolute Gasteiger partial charge is 0.282 e. The van der Waals surface area contributed by atoms with Crippen molar-refractivity contribution in [2.75, 3.05) is 0 Å². The molecular formula is C13H11ClN4S. The molecule has 0 bridgehead atoms. The van der Waals surface area contributed by atoms with Gasteiger partial charge in [0.2, 0.25) is 0 Å². The molecule has 0 amide bonds. The lowest BCUT2D eigenvalue weighted by Crippen LogP contribution is -2.11. The molecule has 3 aromatic heterocycles. The van der Waals surface area contributed by atoms with Gasteiger partial charge < -0.3 is 0 Å². The number of rotatable bonds is 1. The third-order valence-electron chi connectivity index (χ3n) is 3.67. The van der Waals surface area contributed by atoms with E-state index in [2.05, 4.69) is 26.6 Å². The minimum atomic E-state index is 0.323. The predicted molar refractivity (Wildman–Crippen MR) is 74.9 cm³/mol. The Morgan fingerprint density at radius 1 is 1.37 bits per heavy atom. The molecule has 0 saturated heterocycles. The Labute approximate surface area is 119 Å². The number of thiophene rings is 1. The Morgan fingerprint density at radius 2 is 2.32 bits per heavy atom. The quantitative estimate of drug-likeness (QED) is 0.690. The lowest BCUT2D eigenvalue weighted by molar-refractivity contribution is 0.593. The van der Waals surface area contributed by atoms with Crippen molar-refractivity contribution in [3.05, 3.63) is 45.3 Å². The molecule has 1 aliphatic rings. The molecule has 6 heteroatoms. The van der Waals surface area contributed by atoms with Crippen LogP contribution in [0.2, 0.25) is 5.15 Å². The van der Waals surface area contributed by atoms with Crippen LogP contribution in [0, 0.1) is 0 Å². The first kappa shape index (κ1) is 11.4. The molecule has 4 rings (SSSR count). The number of aryl methyl sites for hydroxylation is 1. The van der Waals surface area contributed by atoms with Crippen LogP contribution in [0.5, 0.6) is 0 Å². The van der Waals surface area contributed by atoms with Gasteiger partial charge >= 0.3 is 0 Å². The summed E-state index contributed by atoms with van der Waals surface area (Å²) in [6.07, 6.45) is 7.08. The monoisotopic (exact) mass is 290 g/mol. The molecular weight excluding hydrogens is 280 g/mol. The summed E-state index contributed by atoms with van der Waals surface area (Å²) < 4.78 is 1.97. The van der Waals surface area contributed by atoms with Gasteiger partial charge in [-0.15, -0.1) is 21.5 Å². The van der Waals surface area contributed by atoms with E-state index in [0.717, 1.165) is 12.2 Å². The van der Waals surface area contributed by atoms with E-state index in [1.807, 2.05) is 21.9 Å². The first-order chi connectivity index (χ1) is 9.34. The van der Waals surface area contributed by atoms with Gasteiger partial charge in [0.05, 0.1) is 0 Å². The van der Waals surface area contributed by atoms with Gasteiger partial charge in [-0.1, -0.05) is 11.6 Å². The van der Waals surface area contributed by atoms with Gasteiger partial charge in [0, 0.05) is 23.2 Å². The van der Waals surface area contributed by atoms with E-state index in [9.17, 15) is 0 Å². The van der Waals surface area contributed by atoms with Crippen LogP contribution in [0.3, 0.4) is 0 Å². The van der Waals surface area contributed by atoms with E-state index in [1.54, 1.807) is 6.20 Å². The molecule has 0 spiro atoms. The van der Waals surface area contributed by atoms with Crippen molar-refractivity contribution in [1.29, 1.82) is 0 Å². The third-order valence-corrected chi connectivity index (χ3v) is 4.94. The summed E-state index contributed by atoms with van der Waals surface area (Å²) in [5.41, 5.74) is 2.04. The lowest BCUT2D eigenvalue weighted by Gasteiger charge is -2.20. The average Bonchev–Trinajstić information content (AvgIpc) is 3.05. The molecule has 1 unspecified atom stereocenters. The molecule has 4 nitrogen and oxygen atoms in total. The topological polar surface area (TPSA) is 43.1 Å². The Morgan fingerprint density at radius 3 is 3.26 bits per heavy atom. The zero-order valence-electron chi connectivity index (χ0n) is 10.1. The first-order valence-electron chi connectivity index (χ1n) is 6.26. The van der Waals surface area contributed by atoms with E-state index >= 15 is 0 Å². The zero-order valence-corrected chi connectivity index (χ0v) is 11.7. The SMILES string of the molecule is Clc1nccn2c(C3CCCc4sccc43)nnc12. The van der Waals surface area contributed by atoms with E-state index in [1.165, 1.54) is 23.3 Å².